The third-order valence-electron chi connectivity index (χ3n) is 3.42. The second-order valence-electron chi connectivity index (χ2n) is 5.48. The third kappa shape index (κ3) is 6.24. The Kier molecular flexibility index (Phi) is 7.00. The normalized spacial score (nSPS) is 17.7. The minimum atomic E-state index is -1.12. The lowest BCUT2D eigenvalue weighted by atomic mass is 10.3. The van der Waals surface area contributed by atoms with Crippen molar-refractivity contribution in [3.05, 3.63) is 85.6 Å². The Morgan fingerprint density at radius 2 is 1.38 bits per heavy atom. The summed E-state index contributed by atoms with van der Waals surface area (Å²) < 4.78 is 32.7. The quantitative estimate of drug-likeness (QED) is 0.834. The Balaban J connectivity index is 1.87. The van der Waals surface area contributed by atoms with Crippen molar-refractivity contribution >= 4 is 5.97 Å². The second kappa shape index (κ2) is 10.3. The van der Waals surface area contributed by atoms with Gasteiger partial charge in [-0.2, -0.15) is 0 Å². The van der Waals surface area contributed by atoms with E-state index in [0.717, 1.165) is 0 Å². The summed E-state index contributed by atoms with van der Waals surface area (Å²) in [7, 11) is 0. The van der Waals surface area contributed by atoms with Crippen LogP contribution in [0.5, 0.6) is 23.0 Å². The highest BCUT2D eigenvalue weighted by molar-refractivity contribution is 5.68. The molecular formula is C21H18O8. The van der Waals surface area contributed by atoms with Gasteiger partial charge in [0.05, 0.1) is 0 Å². The average Bonchev–Trinajstić information content (AvgIpc) is 2.73. The van der Waals surface area contributed by atoms with Crippen LogP contribution in [-0.2, 0) is 14.3 Å². The third-order valence-corrected chi connectivity index (χ3v) is 3.42. The Morgan fingerprint density at radius 3 is 2.00 bits per heavy atom. The van der Waals surface area contributed by atoms with Crippen molar-refractivity contribution in [3.63, 3.8) is 0 Å². The number of para-hydroxylation sites is 4. The molecule has 0 amide bonds. The van der Waals surface area contributed by atoms with Crippen LogP contribution < -0.4 is 18.9 Å². The summed E-state index contributed by atoms with van der Waals surface area (Å²) in [4.78, 5) is 10.9. The van der Waals surface area contributed by atoms with Gasteiger partial charge in [0, 0.05) is 0 Å². The molecule has 0 aliphatic carbocycles. The maximum absolute atomic E-state index is 10.9. The van der Waals surface area contributed by atoms with Gasteiger partial charge in [0.2, 0.25) is 0 Å². The van der Waals surface area contributed by atoms with Crippen LogP contribution in [0.2, 0.25) is 0 Å². The minimum absolute atomic E-state index is 0.0865. The van der Waals surface area contributed by atoms with Gasteiger partial charge in [-0.15, -0.1) is 0 Å². The number of carboxylic acid groups (broad SMARTS) is 1. The molecule has 0 saturated carbocycles. The van der Waals surface area contributed by atoms with E-state index < -0.39 is 12.6 Å². The molecule has 2 aromatic rings. The number of carboxylic acids is 1. The van der Waals surface area contributed by atoms with E-state index in [1.165, 1.54) is 31.3 Å². The summed E-state index contributed by atoms with van der Waals surface area (Å²) in [5.74, 6) is 0.705. The van der Waals surface area contributed by atoms with Gasteiger partial charge in [-0.3, -0.25) is 0 Å². The molecule has 0 bridgehead atoms. The standard InChI is InChI=1S/C21H18O8/c22-21(23)15-27-16-13-28-19-7-3-1-5-17(19)25-11-9-24-10-12-26-18-6-2-4-8-20(18)29-14-16/h1-13H,14-15H2,(H,22,23)/b11-9-,12-10-,16-13-. The van der Waals surface area contributed by atoms with Gasteiger partial charge in [-0.25, -0.2) is 4.79 Å². The van der Waals surface area contributed by atoms with Crippen LogP contribution in [0.1, 0.15) is 0 Å². The van der Waals surface area contributed by atoms with Crippen LogP contribution in [0.25, 0.3) is 0 Å². The molecule has 0 spiro atoms. The van der Waals surface area contributed by atoms with Gasteiger partial charge in [0.1, 0.15) is 37.9 Å². The zero-order valence-corrected chi connectivity index (χ0v) is 15.2. The number of benzene rings is 2. The number of hydrogen-bond acceptors (Lipinski definition) is 7. The number of aliphatic carboxylic acids is 1. The predicted octanol–water partition coefficient (Wildman–Crippen LogP) is 3.82. The van der Waals surface area contributed by atoms with E-state index in [2.05, 4.69) is 0 Å². The van der Waals surface area contributed by atoms with E-state index in [1.807, 2.05) is 0 Å². The smallest absolute Gasteiger partial charge is 0.341 e. The lowest BCUT2D eigenvalue weighted by Gasteiger charge is -2.14. The zero-order chi connectivity index (χ0) is 20.3. The first kappa shape index (κ1) is 19.7. The summed E-state index contributed by atoms with van der Waals surface area (Å²) in [6.07, 6.45) is 6.59. The number of rotatable bonds is 3. The second-order valence-corrected chi connectivity index (χ2v) is 5.48. The monoisotopic (exact) mass is 398 g/mol. The Hall–Kier alpha value is -4.07. The number of fused-ring (bicyclic) bond motifs is 2. The molecule has 8 heteroatoms. The summed E-state index contributed by atoms with van der Waals surface area (Å²) >= 11 is 0. The Morgan fingerprint density at radius 1 is 0.828 bits per heavy atom. The molecule has 1 N–H and O–H groups in total. The molecular weight excluding hydrogens is 380 g/mol. The van der Waals surface area contributed by atoms with Crippen LogP contribution in [0.4, 0.5) is 0 Å². The fourth-order valence-corrected chi connectivity index (χ4v) is 2.17. The van der Waals surface area contributed by atoms with Crippen molar-refractivity contribution in [3.8, 4) is 23.0 Å². The fraction of sp³-hybridized carbons (Fsp3) is 0.0952. The highest BCUT2D eigenvalue weighted by atomic mass is 16.6. The summed E-state index contributed by atoms with van der Waals surface area (Å²) in [6, 6.07) is 13.9. The van der Waals surface area contributed by atoms with E-state index in [4.69, 9.17) is 33.5 Å². The average molecular weight is 398 g/mol. The van der Waals surface area contributed by atoms with Crippen molar-refractivity contribution < 1.29 is 38.3 Å². The lowest BCUT2D eigenvalue weighted by Crippen LogP contribution is -2.12. The maximum Gasteiger partial charge on any atom is 0.341 e. The largest absolute Gasteiger partial charge is 0.482 e. The van der Waals surface area contributed by atoms with Gasteiger partial charge in [-0.1, -0.05) is 24.3 Å². The van der Waals surface area contributed by atoms with Crippen LogP contribution >= 0.6 is 0 Å². The van der Waals surface area contributed by atoms with Crippen molar-refractivity contribution in [2.75, 3.05) is 13.2 Å². The van der Waals surface area contributed by atoms with Crippen molar-refractivity contribution in [1.82, 2.24) is 0 Å². The minimum Gasteiger partial charge on any atom is -0.482 e. The van der Waals surface area contributed by atoms with E-state index in [-0.39, 0.29) is 12.4 Å². The molecule has 3 rings (SSSR count). The van der Waals surface area contributed by atoms with E-state index in [9.17, 15) is 4.79 Å². The van der Waals surface area contributed by atoms with Crippen LogP contribution in [-0.4, -0.2) is 24.3 Å². The first-order chi connectivity index (χ1) is 14.2. The molecule has 29 heavy (non-hydrogen) atoms. The molecule has 1 aliphatic rings. The van der Waals surface area contributed by atoms with E-state index >= 15 is 0 Å². The van der Waals surface area contributed by atoms with Gasteiger partial charge in [0.25, 0.3) is 0 Å². The first-order valence-corrected chi connectivity index (χ1v) is 8.52. The molecule has 0 fully saturated rings. The van der Waals surface area contributed by atoms with E-state index in [0.29, 0.717) is 23.0 Å². The molecule has 150 valence electrons. The van der Waals surface area contributed by atoms with Gasteiger partial charge in [-0.05, 0) is 24.3 Å². The van der Waals surface area contributed by atoms with Crippen LogP contribution in [0.15, 0.2) is 85.6 Å². The number of carbonyl (C=O) groups is 1. The molecule has 1 heterocycles. The Labute approximate surface area is 166 Å². The van der Waals surface area contributed by atoms with Crippen molar-refractivity contribution in [2.24, 2.45) is 0 Å². The fourth-order valence-electron chi connectivity index (χ4n) is 2.17. The first-order valence-electron chi connectivity index (χ1n) is 8.52. The van der Waals surface area contributed by atoms with Crippen molar-refractivity contribution in [2.45, 2.75) is 0 Å². The highest BCUT2D eigenvalue weighted by Gasteiger charge is 2.10. The molecule has 8 nitrogen and oxygen atoms in total. The molecule has 0 radical (unpaired) electrons. The van der Waals surface area contributed by atoms with E-state index in [1.54, 1.807) is 48.5 Å². The van der Waals surface area contributed by atoms with Gasteiger partial charge >= 0.3 is 5.97 Å². The predicted molar refractivity (Wildman–Crippen MR) is 101 cm³/mol. The number of hydrogen-bond donors (Lipinski definition) is 1. The topological polar surface area (TPSA) is 92.7 Å². The summed E-state index contributed by atoms with van der Waals surface area (Å²) in [6.45, 7) is -0.631. The number of ether oxygens (including phenoxy) is 6. The SMILES string of the molecule is O=C(O)CO/C1=C\Oc2ccccc2O/C=C\O/C=C\Oc2ccccc2OC1. The zero-order valence-electron chi connectivity index (χ0n) is 15.2. The molecule has 0 aromatic heterocycles. The van der Waals surface area contributed by atoms with Crippen LogP contribution in [0, 0.1) is 0 Å². The Bertz CT molecular complexity index is 916. The highest BCUT2D eigenvalue weighted by Crippen LogP contribution is 2.29. The molecule has 0 atom stereocenters. The van der Waals surface area contributed by atoms with Crippen LogP contribution in [0.3, 0.4) is 0 Å². The van der Waals surface area contributed by atoms with Crippen molar-refractivity contribution in [1.29, 1.82) is 0 Å². The summed E-state index contributed by atoms with van der Waals surface area (Å²) in [5, 5.41) is 8.89. The molecule has 1 aliphatic heterocycles. The molecule has 0 saturated heterocycles. The summed E-state index contributed by atoms with van der Waals surface area (Å²) in [5.41, 5.74) is 0. The molecule has 0 unspecified atom stereocenters. The van der Waals surface area contributed by atoms with Gasteiger partial charge in [0.15, 0.2) is 35.4 Å². The van der Waals surface area contributed by atoms with Gasteiger partial charge < -0.3 is 33.5 Å². The lowest BCUT2D eigenvalue weighted by molar-refractivity contribution is -0.141. The molecule has 2 aromatic carbocycles. The maximum atomic E-state index is 10.9.